The van der Waals surface area contributed by atoms with Gasteiger partial charge in [0.15, 0.2) is 0 Å². The fourth-order valence-electron chi connectivity index (χ4n) is 20.3. The van der Waals surface area contributed by atoms with Gasteiger partial charge < -0.3 is 60.3 Å². The molecule has 29 nitrogen and oxygen atoms in total. The van der Waals surface area contributed by atoms with E-state index in [0.717, 1.165) is 89.1 Å². The number of hydrogen-bond acceptors (Lipinski definition) is 17. The Bertz CT molecular complexity index is 7000. The van der Waals surface area contributed by atoms with Crippen molar-refractivity contribution >= 4 is 75.9 Å². The Morgan fingerprint density at radius 2 is 0.951 bits per heavy atom. The van der Waals surface area contributed by atoms with Crippen LogP contribution in [0.15, 0.2) is 220 Å². The number of carboxylic acids is 4. The standard InChI is InChI=1S/C114H133N13O16/c1-62(2)38-95(110(139)122-94(53-105(137)138)83-47-85(59-117-57-83)108-69(12)30-32-87(75(108)18)79-35-37-124(101(130)49-79)96(39-63(3)4)111(140)121-93(52-104(135)136)82-46-84(58-116-56-82)107-66(9)24-21-25-67(107)10)123-36-34-78(45-100(123)129)44-81-43-74(17)127(77(81)20)86-27-22-26-80(48-86)92(51-103(133)134)120-113(142)98(41-65(7)8)126-61-118-109-89(28-23-29-90(109)114(126)143)88-33-31-68(11)106(76(88)19)72(15)55-115-54-71(14)91(50-102(131)132)119-112(141)97(40-64(5)6)125-60-73(16)70(13)42-99(125)128/h21-37,42,45-49,54-65,74,77,81,91-98H,14,38-41,43-44,50-53H2,1-13,15-20H3,(H,119,141)(H,120,142)(H,121,140)(H,122,139)(H,131,132)(H,133,134)(H,135,136)(H,137,138)/b72-55+,115-54-/t74?,77?,81?,91-,92+,93+,94+,95+,96-,97-,98+/m1/s1. The number of hydrogen-bond donors (Lipinski definition) is 8. The molecule has 1 aliphatic heterocycles. The van der Waals surface area contributed by atoms with Gasteiger partial charge >= 0.3 is 23.9 Å². The van der Waals surface area contributed by atoms with Crippen molar-refractivity contribution in [3.05, 3.63) is 309 Å². The van der Waals surface area contributed by atoms with E-state index in [9.17, 15) is 68.4 Å². The number of allylic oxidation sites excluding steroid dienone is 1. The molecule has 750 valence electrons. The number of fused-ring (bicyclic) bond motifs is 1. The number of carboxylic acid groups (broad SMARTS) is 4. The highest BCUT2D eigenvalue weighted by atomic mass is 16.4. The van der Waals surface area contributed by atoms with Crippen molar-refractivity contribution in [1.29, 1.82) is 0 Å². The van der Waals surface area contributed by atoms with E-state index < -0.39 is 138 Å². The first-order valence-electron chi connectivity index (χ1n) is 48.9. The van der Waals surface area contributed by atoms with Crippen LogP contribution in [0, 0.1) is 85.0 Å². The van der Waals surface area contributed by atoms with E-state index in [-0.39, 0.29) is 77.5 Å². The van der Waals surface area contributed by atoms with Crippen LogP contribution in [-0.4, -0.2) is 125 Å². The second kappa shape index (κ2) is 46.7. The van der Waals surface area contributed by atoms with Crippen LogP contribution in [0.25, 0.3) is 61.0 Å². The van der Waals surface area contributed by atoms with Gasteiger partial charge in [-0.3, -0.25) is 77.1 Å². The normalized spacial score (nSPS) is 15.6. The maximum atomic E-state index is 15.1. The topological polar surface area (TPSA) is 408 Å². The predicted octanol–water partition coefficient (Wildman–Crippen LogP) is 18.6. The number of nitrogens with zero attached hydrogens (tertiary/aromatic N) is 9. The smallest absolute Gasteiger partial charge is 0.305 e. The number of amides is 4. The SMILES string of the molecule is C=C(/C=N\C=C(/C)c1c(C)ccc(-c2cccc3c(=O)n([C@@H](CC(C)C)C(=O)N[C@@H](CC(=O)O)c4cccc(N5C(C)CC(Cc6ccn([C@@H](CC(C)C)C(=O)N[C@@H](CC(=O)O)c7cncc(-c8c(C)ccc(-c9ccn([C@H](CC(C)C)C(=O)N[C@@H](CC(=O)O)c%10cncc(-c%11c(C)cccc%11C)c%10)c(=O)c9)c8C)c7)c(=O)c6)C5C)c4)cnc23)c1C)[C@@H](CC(=O)O)NC(=O)[C@@H](CC(C)C)n1cc(C)c(C)cc1=O. The fourth-order valence-corrected chi connectivity index (χ4v) is 20.3. The lowest BCUT2D eigenvalue weighted by Crippen LogP contribution is -2.44. The maximum Gasteiger partial charge on any atom is 0.305 e. The third-order valence-electron chi connectivity index (χ3n) is 27.4. The molecule has 0 bridgehead atoms. The minimum absolute atomic E-state index is 0.00302. The van der Waals surface area contributed by atoms with Crippen LogP contribution in [0.3, 0.4) is 0 Å². The van der Waals surface area contributed by atoms with Crippen LogP contribution in [-0.2, 0) is 44.8 Å². The minimum Gasteiger partial charge on any atom is -0.481 e. The zero-order valence-electron chi connectivity index (χ0n) is 85.0. The number of anilines is 1. The molecule has 29 heteroatoms. The van der Waals surface area contributed by atoms with E-state index in [4.69, 9.17) is 4.98 Å². The van der Waals surface area contributed by atoms with Gasteiger partial charge in [-0.05, 0) is 298 Å². The molecular formula is C114H133N13O16. The van der Waals surface area contributed by atoms with Crippen molar-refractivity contribution in [2.75, 3.05) is 4.90 Å². The van der Waals surface area contributed by atoms with E-state index in [2.05, 4.69) is 61.6 Å². The van der Waals surface area contributed by atoms with Crippen molar-refractivity contribution in [3.63, 3.8) is 0 Å². The Morgan fingerprint density at radius 1 is 0.469 bits per heavy atom. The second-order valence-electron chi connectivity index (χ2n) is 40.3. The lowest BCUT2D eigenvalue weighted by atomic mass is 9.89. The monoisotopic (exact) mass is 1940 g/mol. The number of aryl methyl sites for hydroxylation is 6. The molecule has 1 fully saturated rings. The number of benzene rings is 5. The van der Waals surface area contributed by atoms with E-state index >= 15 is 9.59 Å². The van der Waals surface area contributed by atoms with Crippen LogP contribution < -0.4 is 48.4 Å². The van der Waals surface area contributed by atoms with Gasteiger partial charge in [-0.25, -0.2) is 4.98 Å². The Morgan fingerprint density at radius 3 is 1.50 bits per heavy atom. The van der Waals surface area contributed by atoms with Crippen LogP contribution in [0.1, 0.15) is 249 Å². The summed E-state index contributed by atoms with van der Waals surface area (Å²) < 4.78 is 5.47. The van der Waals surface area contributed by atoms with E-state index in [1.165, 1.54) is 49.1 Å². The van der Waals surface area contributed by atoms with Crippen LogP contribution in [0.2, 0.25) is 0 Å². The summed E-state index contributed by atoms with van der Waals surface area (Å²) in [7, 11) is 0. The molecule has 11 atom stereocenters. The average Bonchev–Trinajstić information content (AvgIpc) is 1.57. The molecule has 0 radical (unpaired) electrons. The molecule has 0 saturated carbocycles. The molecule has 12 rings (SSSR count). The van der Waals surface area contributed by atoms with Crippen LogP contribution in [0.4, 0.5) is 5.69 Å². The molecule has 143 heavy (non-hydrogen) atoms. The van der Waals surface area contributed by atoms with E-state index in [1.54, 1.807) is 79.8 Å². The van der Waals surface area contributed by atoms with E-state index in [0.29, 0.717) is 63.7 Å². The van der Waals surface area contributed by atoms with Gasteiger partial charge in [0, 0.05) is 108 Å². The largest absolute Gasteiger partial charge is 0.481 e. The Balaban J connectivity index is 0.722. The predicted molar refractivity (Wildman–Crippen MR) is 558 cm³/mol. The van der Waals surface area contributed by atoms with Crippen molar-refractivity contribution in [2.45, 2.75) is 256 Å². The number of nitrogens with one attached hydrogen (secondary N) is 4. The average molecular weight is 1940 g/mol. The third kappa shape index (κ3) is 25.7. The summed E-state index contributed by atoms with van der Waals surface area (Å²) >= 11 is 0. The molecule has 1 saturated heterocycles. The van der Waals surface area contributed by atoms with Gasteiger partial charge in [0.05, 0.1) is 67.1 Å². The molecule has 7 heterocycles. The summed E-state index contributed by atoms with van der Waals surface area (Å²) in [5, 5.41) is 53.3. The summed E-state index contributed by atoms with van der Waals surface area (Å²) in [6.45, 7) is 41.0. The minimum atomic E-state index is -1.20. The van der Waals surface area contributed by atoms with Gasteiger partial charge in [-0.15, -0.1) is 0 Å². The van der Waals surface area contributed by atoms with E-state index in [1.807, 2.05) is 197 Å². The molecule has 1 aliphatic rings. The van der Waals surface area contributed by atoms with Gasteiger partial charge in [0.25, 0.3) is 22.2 Å². The molecule has 5 aromatic carbocycles. The summed E-state index contributed by atoms with van der Waals surface area (Å²) in [5.74, 6) is -7.18. The lowest BCUT2D eigenvalue weighted by molar-refractivity contribution is -0.139. The Hall–Kier alpha value is -14.9. The molecule has 0 spiro atoms. The van der Waals surface area contributed by atoms with Crippen molar-refractivity contribution in [3.8, 4) is 44.5 Å². The maximum absolute atomic E-state index is 15.1. The molecule has 8 N–H and O–H groups in total. The molecule has 4 amide bonds. The van der Waals surface area contributed by atoms with Gasteiger partial charge in [-0.2, -0.15) is 0 Å². The third-order valence-corrected chi connectivity index (χ3v) is 27.4. The first kappa shape index (κ1) is 107. The Kier molecular flexibility index (Phi) is 34.9. The number of carbonyl (C=O) groups excluding carboxylic acids is 4. The quantitative estimate of drug-likeness (QED) is 0.0165. The molecule has 11 aromatic rings. The van der Waals surface area contributed by atoms with Crippen molar-refractivity contribution < 1.29 is 58.8 Å². The summed E-state index contributed by atoms with van der Waals surface area (Å²) in [4.78, 5) is 187. The van der Waals surface area contributed by atoms with Gasteiger partial charge in [0.2, 0.25) is 23.6 Å². The Labute approximate surface area is 833 Å². The molecule has 3 unspecified atom stereocenters. The highest BCUT2D eigenvalue weighted by molar-refractivity contribution is 5.96. The lowest BCUT2D eigenvalue weighted by Gasteiger charge is -2.31. The van der Waals surface area contributed by atoms with Crippen molar-refractivity contribution in [2.24, 2.45) is 34.6 Å². The first-order chi connectivity index (χ1) is 67.7. The zero-order valence-corrected chi connectivity index (χ0v) is 85.0. The summed E-state index contributed by atoms with van der Waals surface area (Å²) in [6, 6.07) is 29.5. The highest BCUT2D eigenvalue weighted by Gasteiger charge is 2.39. The number of pyridine rings is 5. The summed E-state index contributed by atoms with van der Waals surface area (Å²) in [6.07, 6.45) is 15.9. The number of rotatable bonds is 42. The zero-order chi connectivity index (χ0) is 104. The van der Waals surface area contributed by atoms with Gasteiger partial charge in [0.1, 0.15) is 24.2 Å². The number of para-hydroxylation sites is 1. The molecule has 6 aromatic heterocycles. The summed E-state index contributed by atoms with van der Waals surface area (Å²) in [5.41, 5.74) is 16.0. The van der Waals surface area contributed by atoms with Crippen LogP contribution in [0.5, 0.6) is 0 Å². The number of aromatic nitrogens is 7. The number of carbonyl (C=O) groups is 8. The number of aliphatic imine (C=N–C) groups is 1. The second-order valence-corrected chi connectivity index (χ2v) is 40.3. The van der Waals surface area contributed by atoms with Crippen LogP contribution >= 0.6 is 0 Å². The van der Waals surface area contributed by atoms with Crippen molar-refractivity contribution in [1.82, 2.24) is 54.5 Å². The highest BCUT2D eigenvalue weighted by Crippen LogP contribution is 2.42. The molecular weight excluding hydrogens is 1810 g/mol. The van der Waals surface area contributed by atoms with Gasteiger partial charge in [-0.1, -0.05) is 129 Å². The first-order valence-corrected chi connectivity index (χ1v) is 48.9. The number of aliphatic carboxylic acids is 4. The molecule has 0 aliphatic carbocycles. The fraction of sp³-hybridized carbons (Fsp3) is 0.386.